The molecule has 0 spiro atoms. The molecule has 6 nitrogen and oxygen atoms in total. The Morgan fingerprint density at radius 3 is 2.64 bits per heavy atom. The maximum absolute atomic E-state index is 12.8. The Morgan fingerprint density at radius 2 is 1.93 bits per heavy atom. The van der Waals surface area contributed by atoms with Crippen molar-refractivity contribution < 1.29 is 13.9 Å². The second-order valence-electron chi connectivity index (χ2n) is 8.17. The number of likely N-dealkylation sites (N-methyl/N-ethyl adjacent to an activating group) is 1. The Hall–Kier alpha value is -2.05. The summed E-state index contributed by atoms with van der Waals surface area (Å²) < 4.78 is 11.5. The van der Waals surface area contributed by atoms with E-state index >= 15 is 0 Å². The van der Waals surface area contributed by atoms with Gasteiger partial charge in [0, 0.05) is 44.2 Å². The van der Waals surface area contributed by atoms with Crippen LogP contribution in [0.2, 0.25) is 0 Å². The van der Waals surface area contributed by atoms with Crippen molar-refractivity contribution in [2.45, 2.75) is 44.7 Å². The molecule has 1 aliphatic heterocycles. The highest BCUT2D eigenvalue weighted by molar-refractivity contribution is 5.98. The molecule has 1 aliphatic carbocycles. The first-order valence-electron chi connectivity index (χ1n) is 10.4. The van der Waals surface area contributed by atoms with Crippen molar-refractivity contribution in [2.75, 3.05) is 40.3 Å². The molecule has 152 valence electrons. The van der Waals surface area contributed by atoms with E-state index in [4.69, 9.17) is 9.15 Å². The van der Waals surface area contributed by atoms with Crippen LogP contribution in [0.5, 0.6) is 5.75 Å². The van der Waals surface area contributed by atoms with Crippen LogP contribution >= 0.6 is 0 Å². The SMILES string of the molecule is COc1ccc(CN2CCN(C)CC2)c2cc(C(=O)NC3CCCCC3)oc12. The first-order valence-corrected chi connectivity index (χ1v) is 10.4. The van der Waals surface area contributed by atoms with Crippen molar-refractivity contribution in [3.8, 4) is 5.75 Å². The summed E-state index contributed by atoms with van der Waals surface area (Å²) in [5.41, 5.74) is 1.85. The molecular weight excluding hydrogens is 354 g/mol. The number of benzene rings is 1. The molecule has 0 radical (unpaired) electrons. The van der Waals surface area contributed by atoms with Crippen LogP contribution < -0.4 is 10.1 Å². The Morgan fingerprint density at radius 1 is 1.18 bits per heavy atom. The van der Waals surface area contributed by atoms with Crippen molar-refractivity contribution in [3.63, 3.8) is 0 Å². The van der Waals surface area contributed by atoms with E-state index in [1.807, 2.05) is 12.1 Å². The van der Waals surface area contributed by atoms with Crippen LogP contribution in [0, 0.1) is 0 Å². The number of nitrogens with one attached hydrogen (secondary N) is 1. The van der Waals surface area contributed by atoms with Gasteiger partial charge in [-0.05, 0) is 37.6 Å². The summed E-state index contributed by atoms with van der Waals surface area (Å²) in [7, 11) is 3.80. The molecule has 0 unspecified atom stereocenters. The molecule has 4 rings (SSSR count). The molecule has 1 amide bonds. The summed E-state index contributed by atoms with van der Waals surface area (Å²) >= 11 is 0. The summed E-state index contributed by atoms with van der Waals surface area (Å²) in [6, 6.07) is 6.19. The first-order chi connectivity index (χ1) is 13.6. The minimum Gasteiger partial charge on any atom is -0.493 e. The average Bonchev–Trinajstić information content (AvgIpc) is 3.17. The van der Waals surface area contributed by atoms with Gasteiger partial charge in [0.1, 0.15) is 0 Å². The summed E-state index contributed by atoms with van der Waals surface area (Å²) in [6.45, 7) is 5.13. The van der Waals surface area contributed by atoms with E-state index < -0.39 is 0 Å². The second kappa shape index (κ2) is 8.53. The minimum absolute atomic E-state index is 0.115. The van der Waals surface area contributed by atoms with Gasteiger partial charge in [0.25, 0.3) is 5.91 Å². The number of carbonyl (C=O) groups excluding carboxylic acids is 1. The molecule has 2 aliphatic rings. The Balaban J connectivity index is 1.56. The van der Waals surface area contributed by atoms with Crippen LogP contribution in [0.3, 0.4) is 0 Å². The molecule has 6 heteroatoms. The summed E-state index contributed by atoms with van der Waals surface area (Å²) in [4.78, 5) is 17.6. The lowest BCUT2D eigenvalue weighted by Gasteiger charge is -2.32. The zero-order valence-electron chi connectivity index (χ0n) is 17.0. The number of furan rings is 1. The molecule has 1 N–H and O–H groups in total. The van der Waals surface area contributed by atoms with E-state index in [1.165, 1.54) is 24.8 Å². The molecule has 1 aromatic carbocycles. The van der Waals surface area contributed by atoms with Crippen molar-refractivity contribution in [1.82, 2.24) is 15.1 Å². The molecule has 28 heavy (non-hydrogen) atoms. The summed E-state index contributed by atoms with van der Waals surface area (Å²) in [5.74, 6) is 0.939. The van der Waals surface area contributed by atoms with E-state index in [0.717, 1.165) is 51.0 Å². The quantitative estimate of drug-likeness (QED) is 0.856. The molecule has 1 saturated heterocycles. The van der Waals surface area contributed by atoms with Crippen LogP contribution in [0.15, 0.2) is 22.6 Å². The fourth-order valence-corrected chi connectivity index (χ4v) is 4.32. The molecule has 0 bridgehead atoms. The van der Waals surface area contributed by atoms with Gasteiger partial charge >= 0.3 is 0 Å². The van der Waals surface area contributed by atoms with E-state index in [-0.39, 0.29) is 11.9 Å². The molecular formula is C22H31N3O3. The van der Waals surface area contributed by atoms with Crippen molar-refractivity contribution in [1.29, 1.82) is 0 Å². The average molecular weight is 386 g/mol. The van der Waals surface area contributed by atoms with E-state index in [0.29, 0.717) is 17.1 Å². The smallest absolute Gasteiger partial charge is 0.287 e. The summed E-state index contributed by atoms with van der Waals surface area (Å²) in [5, 5.41) is 4.13. The number of hydrogen-bond donors (Lipinski definition) is 1. The number of hydrogen-bond acceptors (Lipinski definition) is 5. The third kappa shape index (κ3) is 4.18. The van der Waals surface area contributed by atoms with Crippen LogP contribution in [-0.4, -0.2) is 62.1 Å². The maximum Gasteiger partial charge on any atom is 0.287 e. The number of ether oxygens (including phenoxy) is 1. The molecule has 2 fully saturated rings. The monoisotopic (exact) mass is 385 g/mol. The van der Waals surface area contributed by atoms with Crippen LogP contribution in [0.25, 0.3) is 11.0 Å². The zero-order valence-corrected chi connectivity index (χ0v) is 17.0. The van der Waals surface area contributed by atoms with Gasteiger partial charge in [-0.2, -0.15) is 0 Å². The van der Waals surface area contributed by atoms with Gasteiger partial charge in [0.05, 0.1) is 7.11 Å². The molecule has 2 aromatic rings. The zero-order chi connectivity index (χ0) is 19.5. The third-order valence-corrected chi connectivity index (χ3v) is 6.11. The Bertz CT molecular complexity index is 818. The van der Waals surface area contributed by atoms with Gasteiger partial charge < -0.3 is 19.4 Å². The largest absolute Gasteiger partial charge is 0.493 e. The van der Waals surface area contributed by atoms with Gasteiger partial charge in [-0.15, -0.1) is 0 Å². The van der Waals surface area contributed by atoms with Crippen LogP contribution in [0.1, 0.15) is 48.2 Å². The van der Waals surface area contributed by atoms with Crippen molar-refractivity contribution in [3.05, 3.63) is 29.5 Å². The number of rotatable bonds is 5. The molecule has 2 heterocycles. The Kier molecular flexibility index (Phi) is 5.87. The predicted molar refractivity (Wildman–Crippen MR) is 110 cm³/mol. The van der Waals surface area contributed by atoms with E-state index in [2.05, 4.69) is 28.2 Å². The Labute approximate surface area is 166 Å². The van der Waals surface area contributed by atoms with Gasteiger partial charge in [-0.3, -0.25) is 9.69 Å². The predicted octanol–water partition coefficient (Wildman–Crippen LogP) is 3.25. The normalized spacial score (nSPS) is 19.8. The minimum atomic E-state index is -0.115. The molecule has 1 saturated carbocycles. The third-order valence-electron chi connectivity index (χ3n) is 6.11. The standard InChI is InChI=1S/C22H31N3O3/c1-24-10-12-25(13-11-24)15-16-8-9-19(27-2)21-18(16)14-20(28-21)22(26)23-17-6-4-3-5-7-17/h8-9,14,17H,3-7,10-13,15H2,1-2H3,(H,23,26). The summed E-state index contributed by atoms with van der Waals surface area (Å²) in [6.07, 6.45) is 5.76. The van der Waals surface area contributed by atoms with Crippen LogP contribution in [-0.2, 0) is 6.54 Å². The van der Waals surface area contributed by atoms with Gasteiger partial charge in [0.15, 0.2) is 17.1 Å². The fourth-order valence-electron chi connectivity index (χ4n) is 4.32. The number of methoxy groups -OCH3 is 1. The number of fused-ring (bicyclic) bond motifs is 1. The number of nitrogens with zero attached hydrogens (tertiary/aromatic N) is 2. The molecule has 0 atom stereocenters. The topological polar surface area (TPSA) is 58.0 Å². The number of carbonyl (C=O) groups is 1. The maximum atomic E-state index is 12.8. The van der Waals surface area contributed by atoms with Gasteiger partial charge in [-0.1, -0.05) is 25.3 Å². The lowest BCUT2D eigenvalue weighted by molar-refractivity contribution is 0.0901. The number of piperazine rings is 1. The van der Waals surface area contributed by atoms with E-state index in [9.17, 15) is 4.79 Å². The highest BCUT2D eigenvalue weighted by Gasteiger charge is 2.22. The highest BCUT2D eigenvalue weighted by atomic mass is 16.5. The van der Waals surface area contributed by atoms with Gasteiger partial charge in [0.2, 0.25) is 0 Å². The van der Waals surface area contributed by atoms with E-state index in [1.54, 1.807) is 7.11 Å². The molecule has 1 aromatic heterocycles. The van der Waals surface area contributed by atoms with Crippen molar-refractivity contribution in [2.24, 2.45) is 0 Å². The lowest BCUT2D eigenvalue weighted by atomic mass is 9.95. The second-order valence-corrected chi connectivity index (χ2v) is 8.17. The highest BCUT2D eigenvalue weighted by Crippen LogP contribution is 2.32. The fraction of sp³-hybridized carbons (Fsp3) is 0.591. The van der Waals surface area contributed by atoms with Gasteiger partial charge in [-0.25, -0.2) is 0 Å². The number of amides is 1. The van der Waals surface area contributed by atoms with Crippen LogP contribution in [0.4, 0.5) is 0 Å². The lowest BCUT2D eigenvalue weighted by Crippen LogP contribution is -2.43. The van der Waals surface area contributed by atoms with Crippen molar-refractivity contribution >= 4 is 16.9 Å². The first kappa shape index (κ1) is 19.3.